The second kappa shape index (κ2) is 16.8. The van der Waals surface area contributed by atoms with Crippen LogP contribution in [0.25, 0.3) is 0 Å². The van der Waals surface area contributed by atoms with Gasteiger partial charge in [0.1, 0.15) is 13.2 Å². The molecular weight excluding hydrogens is 614 g/mol. The zero-order valence-electron chi connectivity index (χ0n) is 24.2. The highest BCUT2D eigenvalue weighted by atomic mass is 19.4. The zero-order chi connectivity index (χ0) is 33.7. The van der Waals surface area contributed by atoms with Gasteiger partial charge in [0.15, 0.2) is 0 Å². The molecule has 0 aliphatic carbocycles. The molecule has 45 heavy (non-hydrogen) atoms. The molecule has 0 aliphatic rings. The van der Waals surface area contributed by atoms with E-state index in [1.165, 1.54) is 0 Å². The number of alkyl halides is 6. The summed E-state index contributed by atoms with van der Waals surface area (Å²) in [6.45, 7) is 4.46. The third-order valence-electron chi connectivity index (χ3n) is 6.04. The standard InChI is InChI=1S/C31H30F6O8/c1-3-42-11-13-44-9-5-7-21-15-23(27(38)39)19-25(17-21)29(30(32,33)34,31(35,36)37)26-18-22(16-24(20-26)28(40)41)8-6-10-45-14-12-43-4-2/h15-20H,3-4,9-14H2,1-2H3,(H,38,39)(H,40,41). The lowest BCUT2D eigenvalue weighted by atomic mass is 9.71. The van der Waals surface area contributed by atoms with Crippen molar-refractivity contribution in [2.24, 2.45) is 0 Å². The van der Waals surface area contributed by atoms with E-state index >= 15 is 0 Å². The van der Waals surface area contributed by atoms with Gasteiger partial charge in [0, 0.05) is 24.3 Å². The Labute approximate surface area is 255 Å². The van der Waals surface area contributed by atoms with E-state index in [-0.39, 0.29) is 51.8 Å². The summed E-state index contributed by atoms with van der Waals surface area (Å²) in [6.07, 6.45) is -12.3. The van der Waals surface area contributed by atoms with Gasteiger partial charge in [-0.05, 0) is 61.4 Å². The molecule has 0 unspecified atom stereocenters. The SMILES string of the molecule is CCOCCOCC#Cc1cc(C(=O)O)cc(C(c2cc(C#CCOCCOCC)cc(C(=O)O)c2)(C(F)(F)F)C(F)(F)F)c1. The minimum atomic E-state index is -6.15. The molecule has 0 fully saturated rings. The summed E-state index contributed by atoms with van der Waals surface area (Å²) in [5.41, 5.74) is -10.7. The highest BCUT2D eigenvalue weighted by molar-refractivity contribution is 5.89. The molecule has 0 bridgehead atoms. The van der Waals surface area contributed by atoms with Gasteiger partial charge in [-0.15, -0.1) is 0 Å². The largest absolute Gasteiger partial charge is 0.478 e. The molecule has 2 aromatic carbocycles. The lowest BCUT2D eigenvalue weighted by molar-refractivity contribution is -0.288. The molecule has 0 amide bonds. The number of carboxylic acids is 2. The molecule has 2 rings (SSSR count). The van der Waals surface area contributed by atoms with Gasteiger partial charge >= 0.3 is 24.3 Å². The van der Waals surface area contributed by atoms with E-state index in [1.54, 1.807) is 13.8 Å². The Kier molecular flexibility index (Phi) is 13.9. The summed E-state index contributed by atoms with van der Waals surface area (Å²) < 4.78 is 110. The van der Waals surface area contributed by atoms with Crippen LogP contribution in [0.3, 0.4) is 0 Å². The number of carbonyl (C=O) groups is 2. The van der Waals surface area contributed by atoms with E-state index in [4.69, 9.17) is 18.9 Å². The first-order valence-electron chi connectivity index (χ1n) is 13.4. The average molecular weight is 645 g/mol. The fourth-order valence-corrected chi connectivity index (χ4v) is 4.11. The second-order valence-electron chi connectivity index (χ2n) is 9.06. The van der Waals surface area contributed by atoms with Crippen LogP contribution in [0.2, 0.25) is 0 Å². The molecule has 2 aromatic rings. The predicted molar refractivity (Wildman–Crippen MR) is 148 cm³/mol. The number of benzene rings is 2. The van der Waals surface area contributed by atoms with E-state index < -0.39 is 63.1 Å². The highest BCUT2D eigenvalue weighted by Crippen LogP contribution is 2.56. The molecule has 0 aliphatic heterocycles. The van der Waals surface area contributed by atoms with Crippen LogP contribution < -0.4 is 0 Å². The third-order valence-corrected chi connectivity index (χ3v) is 6.04. The van der Waals surface area contributed by atoms with E-state index in [2.05, 4.69) is 23.7 Å². The number of hydrogen-bond donors (Lipinski definition) is 2. The van der Waals surface area contributed by atoms with Crippen LogP contribution in [0, 0.1) is 23.7 Å². The number of ether oxygens (including phenoxy) is 4. The Morgan fingerprint density at radius 2 is 0.978 bits per heavy atom. The molecule has 8 nitrogen and oxygen atoms in total. The number of carboxylic acid groups (broad SMARTS) is 2. The molecule has 0 saturated heterocycles. The summed E-state index contributed by atoms with van der Waals surface area (Å²) in [5, 5.41) is 19.1. The van der Waals surface area contributed by atoms with Crippen molar-refractivity contribution in [2.45, 2.75) is 31.6 Å². The maximum Gasteiger partial charge on any atom is 0.411 e. The Bertz CT molecular complexity index is 1330. The van der Waals surface area contributed by atoms with Gasteiger partial charge in [-0.1, -0.05) is 23.7 Å². The molecule has 244 valence electrons. The lowest BCUT2D eigenvalue weighted by Crippen LogP contribution is -2.55. The topological polar surface area (TPSA) is 112 Å². The van der Waals surface area contributed by atoms with Gasteiger partial charge in [0.2, 0.25) is 5.41 Å². The minimum absolute atomic E-state index is 0.110. The Balaban J connectivity index is 2.77. The van der Waals surface area contributed by atoms with Gasteiger partial charge in [-0.3, -0.25) is 0 Å². The van der Waals surface area contributed by atoms with Crippen molar-refractivity contribution in [1.82, 2.24) is 0 Å². The van der Waals surface area contributed by atoms with Crippen LogP contribution in [0.4, 0.5) is 26.3 Å². The molecule has 0 saturated carbocycles. The van der Waals surface area contributed by atoms with E-state index in [0.717, 1.165) is 12.1 Å². The Hall–Kier alpha value is -4.08. The van der Waals surface area contributed by atoms with E-state index in [0.29, 0.717) is 25.3 Å². The van der Waals surface area contributed by atoms with Crippen molar-refractivity contribution in [1.29, 1.82) is 0 Å². The molecule has 0 spiro atoms. The molecule has 0 radical (unpaired) electrons. The molecule has 0 heterocycles. The van der Waals surface area contributed by atoms with Crippen molar-refractivity contribution in [3.05, 3.63) is 69.8 Å². The molecule has 2 N–H and O–H groups in total. The number of aromatic carboxylic acids is 2. The summed E-state index contributed by atoms with van der Waals surface area (Å²) in [6, 6.07) is 3.02. The summed E-state index contributed by atoms with van der Waals surface area (Å²) in [4.78, 5) is 23.6. The fraction of sp³-hybridized carbons (Fsp3) is 0.419. The first-order valence-corrected chi connectivity index (χ1v) is 13.4. The van der Waals surface area contributed by atoms with Gasteiger partial charge < -0.3 is 29.2 Å². The quantitative estimate of drug-likeness (QED) is 0.162. The van der Waals surface area contributed by atoms with Crippen molar-refractivity contribution in [3.8, 4) is 23.7 Å². The molecule has 14 heteroatoms. The second-order valence-corrected chi connectivity index (χ2v) is 9.06. The zero-order valence-corrected chi connectivity index (χ0v) is 24.2. The van der Waals surface area contributed by atoms with Gasteiger partial charge in [-0.2, -0.15) is 26.3 Å². The number of hydrogen-bond acceptors (Lipinski definition) is 6. The molecule has 0 atom stereocenters. The van der Waals surface area contributed by atoms with Gasteiger partial charge in [0.25, 0.3) is 0 Å². The Morgan fingerprint density at radius 3 is 1.29 bits per heavy atom. The normalized spacial score (nSPS) is 11.7. The van der Waals surface area contributed by atoms with Crippen LogP contribution in [0.1, 0.15) is 56.8 Å². The minimum Gasteiger partial charge on any atom is -0.478 e. The lowest BCUT2D eigenvalue weighted by Gasteiger charge is -2.38. The predicted octanol–water partition coefficient (Wildman–Crippen LogP) is 5.30. The maximum absolute atomic E-state index is 14.9. The van der Waals surface area contributed by atoms with Crippen LogP contribution in [0.15, 0.2) is 36.4 Å². The Morgan fingerprint density at radius 1 is 0.622 bits per heavy atom. The first kappa shape index (κ1) is 37.1. The van der Waals surface area contributed by atoms with Crippen LogP contribution in [0.5, 0.6) is 0 Å². The summed E-state index contributed by atoms with van der Waals surface area (Å²) in [5.74, 6) is 5.88. The number of rotatable bonds is 14. The van der Waals surface area contributed by atoms with E-state index in [9.17, 15) is 46.1 Å². The van der Waals surface area contributed by atoms with Crippen molar-refractivity contribution >= 4 is 11.9 Å². The third kappa shape index (κ3) is 9.96. The fourth-order valence-electron chi connectivity index (χ4n) is 4.11. The van der Waals surface area contributed by atoms with Crippen molar-refractivity contribution in [2.75, 3.05) is 52.9 Å². The van der Waals surface area contributed by atoms with E-state index in [1.807, 2.05) is 0 Å². The highest BCUT2D eigenvalue weighted by Gasteiger charge is 2.72. The smallest absolute Gasteiger partial charge is 0.411 e. The average Bonchev–Trinajstić information content (AvgIpc) is 2.95. The number of halogens is 6. The van der Waals surface area contributed by atoms with Crippen molar-refractivity contribution in [3.63, 3.8) is 0 Å². The molecular formula is C31H30F6O8. The summed E-state index contributed by atoms with van der Waals surface area (Å²) in [7, 11) is 0. The maximum atomic E-state index is 14.9. The van der Waals surface area contributed by atoms with Crippen LogP contribution >= 0.6 is 0 Å². The van der Waals surface area contributed by atoms with Gasteiger partial charge in [-0.25, -0.2) is 9.59 Å². The summed E-state index contributed by atoms with van der Waals surface area (Å²) >= 11 is 0. The van der Waals surface area contributed by atoms with Gasteiger partial charge in [0.05, 0.1) is 37.6 Å². The first-order chi connectivity index (χ1) is 21.2. The molecule has 0 aromatic heterocycles. The monoisotopic (exact) mass is 644 g/mol. The van der Waals surface area contributed by atoms with Crippen LogP contribution in [-0.4, -0.2) is 87.4 Å². The van der Waals surface area contributed by atoms with Crippen molar-refractivity contribution < 1.29 is 65.1 Å². The van der Waals surface area contributed by atoms with Crippen LogP contribution in [-0.2, 0) is 24.4 Å².